The van der Waals surface area contributed by atoms with Crippen LogP contribution >= 0.6 is 15.8 Å². The third-order valence-corrected chi connectivity index (χ3v) is 17.1. The van der Waals surface area contributed by atoms with E-state index in [-0.39, 0.29) is 15.8 Å². The van der Waals surface area contributed by atoms with E-state index in [0.717, 1.165) is 22.6 Å². The van der Waals surface area contributed by atoms with Gasteiger partial charge in [-0.05, 0) is 80.6 Å². The first kappa shape index (κ1) is 26.7. The zero-order valence-corrected chi connectivity index (χ0v) is 25.1. The minimum atomic E-state index is -0.174. The molecule has 0 spiro atoms. The van der Waals surface area contributed by atoms with Gasteiger partial charge in [-0.3, -0.25) is 0 Å². The molecule has 0 saturated carbocycles. The van der Waals surface area contributed by atoms with E-state index in [1.54, 1.807) is 10.6 Å². The van der Waals surface area contributed by atoms with Crippen molar-refractivity contribution in [1.29, 1.82) is 0 Å². The number of hydrogen-bond donors (Lipinski definition) is 0. The highest BCUT2D eigenvalue weighted by atomic mass is 31.1. The Morgan fingerprint density at radius 1 is 0.469 bits per heavy atom. The van der Waals surface area contributed by atoms with Crippen LogP contribution < -0.4 is 10.6 Å². The fourth-order valence-corrected chi connectivity index (χ4v) is 15.7. The monoisotopic (exact) mass is 474 g/mol. The van der Waals surface area contributed by atoms with E-state index < -0.39 is 0 Å². The second-order valence-electron chi connectivity index (χ2n) is 15.0. The van der Waals surface area contributed by atoms with Crippen LogP contribution in [0.4, 0.5) is 0 Å². The highest BCUT2D eigenvalue weighted by Gasteiger charge is 2.51. The normalized spacial score (nSPS) is 32.5. The van der Waals surface area contributed by atoms with Crippen LogP contribution in [-0.2, 0) is 0 Å². The summed E-state index contributed by atoms with van der Waals surface area (Å²) in [6.07, 6.45) is 5.65. The summed E-state index contributed by atoms with van der Waals surface area (Å²) >= 11 is 0. The highest BCUT2D eigenvalue weighted by molar-refractivity contribution is 7.73. The molecule has 1 aromatic rings. The standard InChI is InChI=1S/C30H52P2/c1-27(2,3)23-17-18-24(28(4,5)6)31(23)21-15-13-14-16-22(21)32-25(29(7,8)9)19-20-26(32)30(10,11)12/h13-16,23-26H,17-20H2,1-12H3. The topological polar surface area (TPSA) is 0 Å². The second kappa shape index (κ2) is 8.94. The van der Waals surface area contributed by atoms with Crippen LogP contribution in [0.25, 0.3) is 0 Å². The number of benzene rings is 1. The summed E-state index contributed by atoms with van der Waals surface area (Å²) in [5.41, 5.74) is 4.87. The SMILES string of the molecule is CC(C)(C)C1CCC(C(C)(C)C)P1c1ccccc1P1C(C(C)(C)C)CCC1C(C)(C)C. The molecule has 4 unspecified atom stereocenters. The Balaban J connectivity index is 2.20. The van der Waals surface area contributed by atoms with Crippen molar-refractivity contribution in [1.82, 2.24) is 0 Å². The Morgan fingerprint density at radius 2 is 0.688 bits per heavy atom. The molecule has 0 N–H and O–H groups in total. The average Bonchev–Trinajstić information content (AvgIpc) is 3.25. The zero-order valence-electron chi connectivity index (χ0n) is 23.3. The van der Waals surface area contributed by atoms with E-state index in [0.29, 0.717) is 21.7 Å². The minimum absolute atomic E-state index is 0.174. The molecule has 2 saturated heterocycles. The van der Waals surface area contributed by atoms with Crippen molar-refractivity contribution in [2.45, 2.75) is 131 Å². The van der Waals surface area contributed by atoms with Gasteiger partial charge in [-0.2, -0.15) is 0 Å². The van der Waals surface area contributed by atoms with E-state index in [9.17, 15) is 0 Å². The van der Waals surface area contributed by atoms with Gasteiger partial charge in [0.25, 0.3) is 0 Å². The second-order valence-corrected chi connectivity index (χ2v) is 20.1. The summed E-state index contributed by atoms with van der Waals surface area (Å²) in [5, 5.41) is 3.60. The number of hydrogen-bond acceptors (Lipinski definition) is 0. The molecule has 1 aromatic carbocycles. The predicted molar refractivity (Wildman–Crippen MR) is 151 cm³/mol. The first-order valence-corrected chi connectivity index (χ1v) is 16.1. The summed E-state index contributed by atoms with van der Waals surface area (Å²) in [6.45, 7) is 30.1. The lowest BCUT2D eigenvalue weighted by molar-refractivity contribution is 0.363. The molecule has 3 rings (SSSR count). The molecule has 0 amide bonds. The van der Waals surface area contributed by atoms with Crippen molar-refractivity contribution in [3.8, 4) is 0 Å². The molecule has 0 radical (unpaired) electrons. The van der Waals surface area contributed by atoms with Crippen LogP contribution in [0.1, 0.15) is 109 Å². The summed E-state index contributed by atoms with van der Waals surface area (Å²) in [5.74, 6) is 0. The molecule has 2 heterocycles. The van der Waals surface area contributed by atoms with Crippen molar-refractivity contribution in [2.75, 3.05) is 0 Å². The molecule has 2 aliphatic rings. The van der Waals surface area contributed by atoms with E-state index in [1.165, 1.54) is 25.7 Å². The van der Waals surface area contributed by atoms with Gasteiger partial charge in [-0.1, -0.05) is 123 Å². The van der Waals surface area contributed by atoms with E-state index >= 15 is 0 Å². The molecule has 4 atom stereocenters. The minimum Gasteiger partial charge on any atom is -0.0672 e. The maximum Gasteiger partial charge on any atom is -0.0117 e. The van der Waals surface area contributed by atoms with Crippen LogP contribution in [0.5, 0.6) is 0 Å². The predicted octanol–water partition coefficient (Wildman–Crippen LogP) is 9.15. The summed E-state index contributed by atoms with van der Waals surface area (Å²) in [4.78, 5) is 0. The van der Waals surface area contributed by atoms with Gasteiger partial charge in [0.05, 0.1) is 0 Å². The zero-order chi connectivity index (χ0) is 24.3. The van der Waals surface area contributed by atoms with Crippen molar-refractivity contribution in [3.63, 3.8) is 0 Å². The average molecular weight is 475 g/mol. The van der Waals surface area contributed by atoms with Gasteiger partial charge >= 0.3 is 0 Å². The molecule has 2 aliphatic heterocycles. The quantitative estimate of drug-likeness (QED) is 0.375. The van der Waals surface area contributed by atoms with Crippen LogP contribution in [-0.4, -0.2) is 22.6 Å². The number of rotatable bonds is 2. The lowest BCUT2D eigenvalue weighted by Crippen LogP contribution is -2.39. The molecule has 2 heteroatoms. The van der Waals surface area contributed by atoms with Gasteiger partial charge in [-0.25, -0.2) is 0 Å². The molecule has 0 nitrogen and oxygen atoms in total. The molecule has 0 aliphatic carbocycles. The van der Waals surface area contributed by atoms with Crippen LogP contribution in [0, 0.1) is 21.7 Å². The fraction of sp³-hybridized carbons (Fsp3) is 0.800. The molecule has 0 aromatic heterocycles. The van der Waals surface area contributed by atoms with Gasteiger partial charge in [0.1, 0.15) is 0 Å². The Hall–Kier alpha value is 0.0800. The first-order chi connectivity index (χ1) is 14.4. The third-order valence-electron chi connectivity index (χ3n) is 8.21. The largest absolute Gasteiger partial charge is 0.0672 e. The Labute approximate surface area is 203 Å². The Bertz CT molecular complexity index is 670. The van der Waals surface area contributed by atoms with E-state index in [4.69, 9.17) is 0 Å². The first-order valence-electron chi connectivity index (χ1n) is 13.1. The van der Waals surface area contributed by atoms with Crippen LogP contribution in [0.3, 0.4) is 0 Å². The summed E-state index contributed by atoms with van der Waals surface area (Å²) < 4.78 is 0. The van der Waals surface area contributed by atoms with Gasteiger partial charge in [0.15, 0.2) is 0 Å². The smallest absolute Gasteiger partial charge is 0.0117 e. The van der Waals surface area contributed by atoms with E-state index in [2.05, 4.69) is 107 Å². The van der Waals surface area contributed by atoms with Gasteiger partial charge < -0.3 is 0 Å². The fourth-order valence-electron chi connectivity index (χ4n) is 6.60. The summed E-state index contributed by atoms with van der Waals surface area (Å²) in [7, 11) is -0.347. The Morgan fingerprint density at radius 3 is 0.875 bits per heavy atom. The molecule has 32 heavy (non-hydrogen) atoms. The van der Waals surface area contributed by atoms with Crippen molar-refractivity contribution in [3.05, 3.63) is 24.3 Å². The lowest BCUT2D eigenvalue weighted by Gasteiger charge is -2.44. The van der Waals surface area contributed by atoms with Crippen LogP contribution in [0.2, 0.25) is 0 Å². The third kappa shape index (κ3) is 5.33. The molecule has 2 fully saturated rings. The maximum atomic E-state index is 2.59. The maximum absolute atomic E-state index is 2.59. The summed E-state index contributed by atoms with van der Waals surface area (Å²) in [6, 6.07) is 9.90. The van der Waals surface area contributed by atoms with Gasteiger partial charge in [0.2, 0.25) is 0 Å². The lowest BCUT2D eigenvalue weighted by atomic mass is 9.85. The van der Waals surface area contributed by atoms with Crippen LogP contribution in [0.15, 0.2) is 24.3 Å². The van der Waals surface area contributed by atoms with Gasteiger partial charge in [0, 0.05) is 0 Å². The van der Waals surface area contributed by atoms with Gasteiger partial charge in [-0.15, -0.1) is 0 Å². The molecule has 0 bridgehead atoms. The highest BCUT2D eigenvalue weighted by Crippen LogP contribution is 2.68. The van der Waals surface area contributed by atoms with Crippen molar-refractivity contribution in [2.24, 2.45) is 21.7 Å². The molecular weight excluding hydrogens is 422 g/mol. The Kier molecular flexibility index (Phi) is 7.46. The molecular formula is C30H52P2. The van der Waals surface area contributed by atoms with E-state index in [1.807, 2.05) is 0 Å². The van der Waals surface area contributed by atoms with Crippen molar-refractivity contribution >= 4 is 26.5 Å². The van der Waals surface area contributed by atoms with Crippen molar-refractivity contribution < 1.29 is 0 Å². The molecule has 182 valence electrons.